The molecule has 106 valence electrons. The van der Waals surface area contributed by atoms with Crippen molar-refractivity contribution in [1.82, 2.24) is 4.98 Å². The third-order valence-electron chi connectivity index (χ3n) is 3.27. The second kappa shape index (κ2) is 5.92. The molecule has 2 aromatic carbocycles. The predicted octanol–water partition coefficient (Wildman–Crippen LogP) is 5.64. The summed E-state index contributed by atoms with van der Waals surface area (Å²) >= 11 is 12.4. The van der Waals surface area contributed by atoms with Crippen LogP contribution in [-0.2, 0) is 0 Å². The number of hydrogen-bond acceptors (Lipinski definition) is 2. The van der Waals surface area contributed by atoms with Gasteiger partial charge in [-0.2, -0.15) is 0 Å². The van der Waals surface area contributed by atoms with Crippen LogP contribution in [0.5, 0.6) is 0 Å². The van der Waals surface area contributed by atoms with Gasteiger partial charge in [-0.25, -0.2) is 4.98 Å². The fourth-order valence-corrected chi connectivity index (χ4v) is 2.88. The molecule has 0 aliphatic rings. The molecule has 0 aliphatic carbocycles. The number of rotatable bonds is 3. The second-order valence-corrected chi connectivity index (χ2v) is 5.58. The Balaban J connectivity index is 2.29. The molecule has 1 N–H and O–H groups in total. The van der Waals surface area contributed by atoms with Gasteiger partial charge in [-0.15, -0.1) is 0 Å². The standard InChI is InChI=1S/C17H14Cl2N2/c1-2-20-16-10-15(11-6-4-3-5-7-11)21-17-13(16)8-12(18)9-14(17)19/h3-10H,2H2,1H3,(H,20,21). The van der Waals surface area contributed by atoms with Gasteiger partial charge in [0, 0.05) is 28.2 Å². The minimum Gasteiger partial charge on any atom is -0.385 e. The molecule has 0 atom stereocenters. The molecule has 0 bridgehead atoms. The summed E-state index contributed by atoms with van der Waals surface area (Å²) in [6.07, 6.45) is 0. The van der Waals surface area contributed by atoms with Crippen molar-refractivity contribution in [3.8, 4) is 11.3 Å². The van der Waals surface area contributed by atoms with E-state index in [4.69, 9.17) is 28.2 Å². The molecule has 0 amide bonds. The van der Waals surface area contributed by atoms with E-state index in [0.717, 1.165) is 34.4 Å². The molecule has 1 heterocycles. The van der Waals surface area contributed by atoms with Crippen LogP contribution in [0.4, 0.5) is 5.69 Å². The monoisotopic (exact) mass is 316 g/mol. The fourth-order valence-electron chi connectivity index (χ4n) is 2.35. The lowest BCUT2D eigenvalue weighted by molar-refractivity contribution is 1.21. The highest BCUT2D eigenvalue weighted by atomic mass is 35.5. The summed E-state index contributed by atoms with van der Waals surface area (Å²) in [7, 11) is 0. The maximum absolute atomic E-state index is 6.32. The van der Waals surface area contributed by atoms with E-state index in [1.807, 2.05) is 42.5 Å². The van der Waals surface area contributed by atoms with E-state index in [1.54, 1.807) is 6.07 Å². The number of hydrogen-bond donors (Lipinski definition) is 1. The SMILES string of the molecule is CCNc1cc(-c2ccccc2)nc2c(Cl)cc(Cl)cc12. The van der Waals surface area contributed by atoms with Crippen molar-refractivity contribution >= 4 is 39.8 Å². The number of nitrogens with zero attached hydrogens (tertiary/aromatic N) is 1. The number of fused-ring (bicyclic) bond motifs is 1. The van der Waals surface area contributed by atoms with Gasteiger partial charge in [-0.1, -0.05) is 53.5 Å². The number of anilines is 1. The van der Waals surface area contributed by atoms with E-state index >= 15 is 0 Å². The highest BCUT2D eigenvalue weighted by Crippen LogP contribution is 2.34. The van der Waals surface area contributed by atoms with Crippen LogP contribution in [0, 0.1) is 0 Å². The van der Waals surface area contributed by atoms with Crippen molar-refractivity contribution in [1.29, 1.82) is 0 Å². The fraction of sp³-hybridized carbons (Fsp3) is 0.118. The van der Waals surface area contributed by atoms with Crippen LogP contribution >= 0.6 is 23.2 Å². The Morgan fingerprint density at radius 1 is 1.05 bits per heavy atom. The molecular weight excluding hydrogens is 303 g/mol. The Morgan fingerprint density at radius 2 is 1.81 bits per heavy atom. The third kappa shape index (κ3) is 2.82. The average molecular weight is 317 g/mol. The van der Waals surface area contributed by atoms with E-state index in [1.165, 1.54) is 0 Å². The first-order chi connectivity index (χ1) is 10.2. The zero-order valence-electron chi connectivity index (χ0n) is 11.5. The molecule has 3 aromatic rings. The molecule has 0 spiro atoms. The van der Waals surface area contributed by atoms with Gasteiger partial charge in [0.25, 0.3) is 0 Å². The first-order valence-electron chi connectivity index (χ1n) is 6.78. The molecule has 0 unspecified atom stereocenters. The van der Waals surface area contributed by atoms with Crippen LogP contribution < -0.4 is 5.32 Å². The smallest absolute Gasteiger partial charge is 0.0917 e. The molecule has 0 radical (unpaired) electrons. The quantitative estimate of drug-likeness (QED) is 0.676. The van der Waals surface area contributed by atoms with E-state index < -0.39 is 0 Å². The van der Waals surface area contributed by atoms with Gasteiger partial charge in [0.15, 0.2) is 0 Å². The van der Waals surface area contributed by atoms with E-state index in [9.17, 15) is 0 Å². The van der Waals surface area contributed by atoms with Crippen LogP contribution in [0.2, 0.25) is 10.0 Å². The van der Waals surface area contributed by atoms with Gasteiger partial charge in [-0.05, 0) is 25.1 Å². The summed E-state index contributed by atoms with van der Waals surface area (Å²) in [5.74, 6) is 0. The Hall–Kier alpha value is -1.77. The van der Waals surface area contributed by atoms with Crippen LogP contribution in [0.25, 0.3) is 22.2 Å². The summed E-state index contributed by atoms with van der Waals surface area (Å²) in [5, 5.41) is 5.47. The van der Waals surface area contributed by atoms with Gasteiger partial charge < -0.3 is 5.32 Å². The first kappa shape index (κ1) is 14.2. The molecule has 0 saturated carbocycles. The third-order valence-corrected chi connectivity index (χ3v) is 3.77. The van der Waals surface area contributed by atoms with Crippen molar-refractivity contribution < 1.29 is 0 Å². The van der Waals surface area contributed by atoms with Gasteiger partial charge in [0.2, 0.25) is 0 Å². The molecule has 0 aliphatic heterocycles. The number of halogens is 2. The maximum Gasteiger partial charge on any atom is 0.0917 e. The largest absolute Gasteiger partial charge is 0.385 e. The minimum absolute atomic E-state index is 0.564. The van der Waals surface area contributed by atoms with Crippen molar-refractivity contribution in [3.05, 3.63) is 58.6 Å². The normalized spacial score (nSPS) is 10.8. The van der Waals surface area contributed by atoms with Crippen LogP contribution in [0.3, 0.4) is 0 Å². The summed E-state index contributed by atoms with van der Waals surface area (Å²) in [6.45, 7) is 2.87. The van der Waals surface area contributed by atoms with Crippen molar-refractivity contribution in [3.63, 3.8) is 0 Å². The van der Waals surface area contributed by atoms with Crippen LogP contribution in [0.1, 0.15) is 6.92 Å². The number of benzene rings is 2. The average Bonchev–Trinajstić information content (AvgIpc) is 2.49. The number of pyridine rings is 1. The van der Waals surface area contributed by atoms with Gasteiger partial charge in [-0.3, -0.25) is 0 Å². The lowest BCUT2D eigenvalue weighted by Crippen LogP contribution is -1.99. The lowest BCUT2D eigenvalue weighted by atomic mass is 10.1. The van der Waals surface area contributed by atoms with Gasteiger partial charge >= 0.3 is 0 Å². The highest BCUT2D eigenvalue weighted by molar-refractivity contribution is 6.38. The van der Waals surface area contributed by atoms with E-state index in [0.29, 0.717) is 10.0 Å². The Labute approximate surface area is 133 Å². The second-order valence-electron chi connectivity index (χ2n) is 4.74. The summed E-state index contributed by atoms with van der Waals surface area (Å²) in [6, 6.07) is 15.7. The molecule has 2 nitrogen and oxygen atoms in total. The summed E-state index contributed by atoms with van der Waals surface area (Å²) in [5.41, 5.74) is 3.71. The summed E-state index contributed by atoms with van der Waals surface area (Å²) < 4.78 is 0. The number of nitrogens with one attached hydrogen (secondary N) is 1. The van der Waals surface area contributed by atoms with Crippen LogP contribution in [0.15, 0.2) is 48.5 Å². The van der Waals surface area contributed by atoms with Crippen LogP contribution in [-0.4, -0.2) is 11.5 Å². The Kier molecular flexibility index (Phi) is 4.00. The molecule has 4 heteroatoms. The van der Waals surface area contributed by atoms with Gasteiger partial charge in [0.05, 0.1) is 16.2 Å². The van der Waals surface area contributed by atoms with Gasteiger partial charge in [0.1, 0.15) is 0 Å². The molecule has 1 aromatic heterocycles. The molecule has 3 rings (SSSR count). The lowest BCUT2D eigenvalue weighted by Gasteiger charge is -2.12. The van der Waals surface area contributed by atoms with E-state index in [2.05, 4.69) is 12.2 Å². The van der Waals surface area contributed by atoms with Crippen molar-refractivity contribution in [2.75, 3.05) is 11.9 Å². The Morgan fingerprint density at radius 3 is 2.52 bits per heavy atom. The zero-order chi connectivity index (χ0) is 14.8. The Bertz CT molecular complexity index is 786. The van der Waals surface area contributed by atoms with Crippen molar-refractivity contribution in [2.24, 2.45) is 0 Å². The van der Waals surface area contributed by atoms with E-state index in [-0.39, 0.29) is 0 Å². The topological polar surface area (TPSA) is 24.9 Å². The summed E-state index contributed by atoms with van der Waals surface area (Å²) in [4.78, 5) is 4.70. The van der Waals surface area contributed by atoms with Crippen molar-refractivity contribution in [2.45, 2.75) is 6.92 Å². The zero-order valence-corrected chi connectivity index (χ0v) is 13.0. The first-order valence-corrected chi connectivity index (χ1v) is 7.53. The maximum atomic E-state index is 6.32. The molecular formula is C17H14Cl2N2. The molecule has 0 saturated heterocycles. The molecule has 21 heavy (non-hydrogen) atoms. The molecule has 0 fully saturated rings. The number of aromatic nitrogens is 1. The highest BCUT2D eigenvalue weighted by Gasteiger charge is 2.11. The minimum atomic E-state index is 0.564. The predicted molar refractivity (Wildman–Crippen MR) is 91.4 cm³/mol.